The van der Waals surface area contributed by atoms with Crippen LogP contribution in [0.4, 0.5) is 5.69 Å². The largest absolute Gasteiger partial charge is 0.457 e. The number of anilines is 1. The zero-order valence-corrected chi connectivity index (χ0v) is 22.6. The summed E-state index contributed by atoms with van der Waals surface area (Å²) in [6.07, 6.45) is 2.88. The molecule has 0 spiro atoms. The van der Waals surface area contributed by atoms with E-state index in [2.05, 4.69) is 25.9 Å². The van der Waals surface area contributed by atoms with Crippen molar-refractivity contribution in [3.63, 3.8) is 0 Å². The van der Waals surface area contributed by atoms with Gasteiger partial charge in [-0.1, -0.05) is 52.7 Å². The van der Waals surface area contributed by atoms with Gasteiger partial charge < -0.3 is 9.73 Å². The third-order valence-corrected chi connectivity index (χ3v) is 7.33. The quantitative estimate of drug-likeness (QED) is 0.183. The van der Waals surface area contributed by atoms with Gasteiger partial charge in [0.15, 0.2) is 10.9 Å². The first-order valence-electron chi connectivity index (χ1n) is 10.9. The van der Waals surface area contributed by atoms with Crippen molar-refractivity contribution < 1.29 is 9.21 Å². The Balaban J connectivity index is 1.23. The van der Waals surface area contributed by atoms with Crippen molar-refractivity contribution in [1.29, 1.82) is 0 Å². The molecule has 37 heavy (non-hydrogen) atoms. The van der Waals surface area contributed by atoms with Gasteiger partial charge in [-0.3, -0.25) is 10.1 Å². The lowest BCUT2D eigenvalue weighted by Crippen LogP contribution is -2.33. The number of furan rings is 1. The van der Waals surface area contributed by atoms with Crippen molar-refractivity contribution in [2.24, 2.45) is 0 Å². The normalized spacial score (nSPS) is 11.4. The maximum atomic E-state index is 12.4. The van der Waals surface area contributed by atoms with Gasteiger partial charge in [-0.15, -0.1) is 10.2 Å². The molecule has 0 fully saturated rings. The smallest absolute Gasteiger partial charge is 0.250 e. The molecule has 2 aromatic carbocycles. The molecule has 0 saturated heterocycles. The third kappa shape index (κ3) is 5.42. The number of aromatic nitrogens is 4. The molecular formula is C25H18Cl2N6O2S2. The number of halogens is 2. The monoisotopic (exact) mass is 568 g/mol. The number of rotatable bonds is 5. The summed E-state index contributed by atoms with van der Waals surface area (Å²) in [6, 6.07) is 14.6. The van der Waals surface area contributed by atoms with Crippen LogP contribution in [0.1, 0.15) is 17.1 Å². The van der Waals surface area contributed by atoms with E-state index in [-0.39, 0.29) is 5.11 Å². The van der Waals surface area contributed by atoms with E-state index in [1.165, 1.54) is 17.4 Å². The minimum absolute atomic E-state index is 0.162. The topological polar surface area (TPSA) is 97.4 Å². The number of nitrogens with zero attached hydrogens (tertiary/aromatic N) is 4. The van der Waals surface area contributed by atoms with Gasteiger partial charge >= 0.3 is 0 Å². The van der Waals surface area contributed by atoms with E-state index in [9.17, 15) is 4.79 Å². The second-order valence-corrected chi connectivity index (χ2v) is 10.1. The van der Waals surface area contributed by atoms with Gasteiger partial charge in [-0.05, 0) is 68.0 Å². The Morgan fingerprint density at radius 2 is 1.97 bits per heavy atom. The fraction of sp³-hybridized carbons (Fsp3) is 0.0800. The maximum Gasteiger partial charge on any atom is 0.250 e. The molecule has 2 N–H and O–H groups in total. The van der Waals surface area contributed by atoms with E-state index < -0.39 is 5.91 Å². The standard InChI is InChI=1S/C25H18Cl2N6O2S2/c1-13-6-7-15(23-32-33-14(2)30-31-25(33)37-23)12-19(13)28-24(36)29-21(34)11-9-16-8-10-20(35-16)17-4-3-5-18(26)22(17)27/h3-12H,1-2H3,(H2,28,29,34,36). The van der Waals surface area contributed by atoms with E-state index in [0.29, 0.717) is 27.1 Å². The lowest BCUT2D eigenvalue weighted by Gasteiger charge is -2.12. The molecule has 3 aromatic heterocycles. The van der Waals surface area contributed by atoms with E-state index in [1.807, 2.05) is 32.0 Å². The number of hydrogen-bond donors (Lipinski definition) is 2. The number of benzene rings is 2. The molecule has 0 radical (unpaired) electrons. The van der Waals surface area contributed by atoms with E-state index in [4.69, 9.17) is 39.8 Å². The molecular weight excluding hydrogens is 551 g/mol. The number of hydrogen-bond acceptors (Lipinski definition) is 7. The molecule has 186 valence electrons. The van der Waals surface area contributed by atoms with Crippen LogP contribution >= 0.6 is 46.8 Å². The molecule has 0 atom stereocenters. The summed E-state index contributed by atoms with van der Waals surface area (Å²) in [5.74, 6) is 1.33. The first kappa shape index (κ1) is 25.1. The molecule has 1 amide bonds. The van der Waals surface area contributed by atoms with Crippen LogP contribution in [0, 0.1) is 13.8 Å². The van der Waals surface area contributed by atoms with Crippen LogP contribution in [0.2, 0.25) is 10.0 Å². The van der Waals surface area contributed by atoms with E-state index in [0.717, 1.165) is 32.6 Å². The number of fused-ring (bicyclic) bond motifs is 1. The Morgan fingerprint density at radius 3 is 2.78 bits per heavy atom. The maximum absolute atomic E-state index is 12.4. The van der Waals surface area contributed by atoms with Crippen molar-refractivity contribution in [3.8, 4) is 21.9 Å². The highest BCUT2D eigenvalue weighted by atomic mass is 35.5. The summed E-state index contributed by atoms with van der Waals surface area (Å²) in [6.45, 7) is 3.79. The average Bonchev–Trinajstić information content (AvgIpc) is 3.59. The van der Waals surface area contributed by atoms with Crippen LogP contribution in [0.3, 0.4) is 0 Å². The molecule has 5 rings (SSSR count). The molecule has 0 bridgehead atoms. The van der Waals surface area contributed by atoms with E-state index in [1.54, 1.807) is 40.9 Å². The second kappa shape index (κ2) is 10.4. The fourth-order valence-electron chi connectivity index (χ4n) is 3.47. The SMILES string of the molecule is Cc1ccc(-c2nn3c(C)nnc3s2)cc1NC(=S)NC(=O)C=Cc1ccc(-c2cccc(Cl)c2Cl)o1. The molecule has 0 aliphatic heterocycles. The Morgan fingerprint density at radius 1 is 1.14 bits per heavy atom. The predicted molar refractivity (Wildman–Crippen MR) is 151 cm³/mol. The van der Waals surface area contributed by atoms with Crippen molar-refractivity contribution >= 4 is 74.5 Å². The number of aryl methyl sites for hydroxylation is 2. The highest BCUT2D eigenvalue weighted by Crippen LogP contribution is 2.34. The summed E-state index contributed by atoms with van der Waals surface area (Å²) in [5, 5.41) is 20.2. The zero-order valence-electron chi connectivity index (χ0n) is 19.5. The number of thiocarbonyl (C=S) groups is 1. The first-order chi connectivity index (χ1) is 17.8. The van der Waals surface area contributed by atoms with E-state index >= 15 is 0 Å². The third-order valence-electron chi connectivity index (χ3n) is 5.36. The lowest BCUT2D eigenvalue weighted by molar-refractivity contribution is -0.115. The molecule has 0 aliphatic carbocycles. The Labute approximate surface area is 230 Å². The summed E-state index contributed by atoms with van der Waals surface area (Å²) >= 11 is 19.1. The van der Waals surface area contributed by atoms with Gasteiger partial charge in [0.2, 0.25) is 10.9 Å². The second-order valence-electron chi connectivity index (χ2n) is 7.96. The summed E-state index contributed by atoms with van der Waals surface area (Å²) in [4.78, 5) is 13.2. The van der Waals surface area contributed by atoms with Crippen LogP contribution in [-0.4, -0.2) is 30.8 Å². The summed E-state index contributed by atoms with van der Waals surface area (Å²) in [5.41, 5.74) is 3.27. The molecule has 12 heteroatoms. The Kier molecular flexibility index (Phi) is 7.07. The molecule has 8 nitrogen and oxygen atoms in total. The minimum Gasteiger partial charge on any atom is -0.457 e. The summed E-state index contributed by atoms with van der Waals surface area (Å²) in [7, 11) is 0. The van der Waals surface area contributed by atoms with Crippen molar-refractivity contribution in [2.45, 2.75) is 13.8 Å². The van der Waals surface area contributed by atoms with Gasteiger partial charge in [0.1, 0.15) is 16.5 Å². The molecule has 5 aromatic rings. The van der Waals surface area contributed by atoms with Crippen LogP contribution in [-0.2, 0) is 4.79 Å². The van der Waals surface area contributed by atoms with Gasteiger partial charge in [0.25, 0.3) is 0 Å². The molecule has 0 unspecified atom stereocenters. The van der Waals surface area contributed by atoms with Crippen molar-refractivity contribution in [1.82, 2.24) is 25.1 Å². The van der Waals surface area contributed by atoms with Gasteiger partial charge in [0.05, 0.1) is 10.0 Å². The molecule has 0 aliphatic rings. The number of nitrogens with one attached hydrogen (secondary N) is 2. The van der Waals surface area contributed by atoms with Crippen molar-refractivity contribution in [3.05, 3.63) is 81.8 Å². The highest BCUT2D eigenvalue weighted by Gasteiger charge is 2.13. The van der Waals surface area contributed by atoms with Crippen molar-refractivity contribution in [2.75, 3.05) is 5.32 Å². The first-order valence-corrected chi connectivity index (χ1v) is 12.9. The molecule has 0 saturated carbocycles. The average molecular weight is 569 g/mol. The number of carbonyl (C=O) groups excluding carboxylic acids is 1. The van der Waals surface area contributed by atoms with Gasteiger partial charge in [-0.2, -0.15) is 9.61 Å². The number of carbonyl (C=O) groups is 1. The lowest BCUT2D eigenvalue weighted by atomic mass is 10.1. The Hall–Kier alpha value is -3.57. The fourth-order valence-corrected chi connectivity index (χ4v) is 4.95. The van der Waals surface area contributed by atoms with Gasteiger partial charge in [-0.25, -0.2) is 0 Å². The van der Waals surface area contributed by atoms with Crippen LogP contribution < -0.4 is 10.6 Å². The van der Waals surface area contributed by atoms with Crippen LogP contribution in [0.25, 0.3) is 32.9 Å². The minimum atomic E-state index is -0.408. The zero-order chi connectivity index (χ0) is 26.1. The predicted octanol–water partition coefficient (Wildman–Crippen LogP) is 6.56. The van der Waals surface area contributed by atoms with Gasteiger partial charge in [0, 0.05) is 22.9 Å². The highest BCUT2D eigenvalue weighted by molar-refractivity contribution is 7.80. The number of amides is 1. The summed E-state index contributed by atoms with van der Waals surface area (Å²) < 4.78 is 7.48. The molecule has 3 heterocycles. The Bertz CT molecular complexity index is 1690. The van der Waals surface area contributed by atoms with Crippen LogP contribution in [0.5, 0.6) is 0 Å². The van der Waals surface area contributed by atoms with Crippen LogP contribution in [0.15, 0.2) is 59.0 Å².